The molecule has 0 N–H and O–H groups in total. The summed E-state index contributed by atoms with van der Waals surface area (Å²) in [5.74, 6) is 0.672. The fourth-order valence-electron chi connectivity index (χ4n) is 9.79. The molecule has 57 heavy (non-hydrogen) atoms. The molecule has 0 saturated heterocycles. The molecular weight excluding hydrogens is 709 g/mol. The lowest BCUT2D eigenvalue weighted by molar-refractivity contribution is 1.00. The van der Waals surface area contributed by atoms with Gasteiger partial charge in [0.15, 0.2) is 8.07 Å². The lowest BCUT2D eigenvalue weighted by Gasteiger charge is -2.32. The zero-order chi connectivity index (χ0) is 37.5. The van der Waals surface area contributed by atoms with Gasteiger partial charge < -0.3 is 4.57 Å². The largest absolute Gasteiger partial charge is 0.309 e. The quantitative estimate of drug-likeness (QED) is 0.165. The minimum absolute atomic E-state index is 0.672. The van der Waals surface area contributed by atoms with Crippen LogP contribution in [0.15, 0.2) is 206 Å². The Morgan fingerprint density at radius 3 is 1.47 bits per heavy atom. The standard InChI is InChI=1S/C52H34N4Si/c1-5-19-35(20-6-1)49-51-50(41-29-15-18-32-46(41)57(51,37-23-9-3-10-24-37)38-25-11-4-12-26-38)54-52(53-49)56-43-31-17-14-28-40(43)48-45(56)34-33-44-47(48)39-27-13-16-30-42(39)55(44)36-21-7-2-8-22-36/h1-34H. The summed E-state index contributed by atoms with van der Waals surface area (Å²) in [5, 5.41) is 10.1. The van der Waals surface area contributed by atoms with E-state index in [4.69, 9.17) is 9.97 Å². The second kappa shape index (κ2) is 12.3. The Balaban J connectivity index is 1.24. The molecule has 1 aliphatic heterocycles. The van der Waals surface area contributed by atoms with E-state index in [0.29, 0.717) is 5.95 Å². The fourth-order valence-corrected chi connectivity index (χ4v) is 15.0. The summed E-state index contributed by atoms with van der Waals surface area (Å²) in [6, 6.07) is 74.7. The third kappa shape index (κ3) is 4.43. The van der Waals surface area contributed by atoms with Gasteiger partial charge in [0.25, 0.3) is 0 Å². The smallest absolute Gasteiger partial charge is 0.235 e. The first kappa shape index (κ1) is 32.0. The average Bonchev–Trinajstić information content (AvgIpc) is 3.92. The van der Waals surface area contributed by atoms with Gasteiger partial charge in [0, 0.05) is 43.5 Å². The fraction of sp³-hybridized carbons (Fsp3) is 0. The number of hydrogen-bond donors (Lipinski definition) is 0. The maximum Gasteiger partial charge on any atom is 0.235 e. The first-order valence-electron chi connectivity index (χ1n) is 19.5. The van der Waals surface area contributed by atoms with Crippen LogP contribution in [-0.2, 0) is 0 Å². The van der Waals surface area contributed by atoms with Crippen LogP contribution >= 0.6 is 0 Å². The van der Waals surface area contributed by atoms with Crippen LogP contribution in [0.1, 0.15) is 0 Å². The maximum absolute atomic E-state index is 5.76. The van der Waals surface area contributed by atoms with Gasteiger partial charge in [0.2, 0.25) is 5.95 Å². The molecule has 11 aromatic rings. The van der Waals surface area contributed by atoms with Gasteiger partial charge in [-0.25, -0.2) is 9.97 Å². The predicted molar refractivity (Wildman–Crippen MR) is 239 cm³/mol. The number of nitrogens with zero attached hydrogens (tertiary/aromatic N) is 4. The van der Waals surface area contributed by atoms with E-state index < -0.39 is 8.07 Å². The third-order valence-electron chi connectivity index (χ3n) is 12.0. The van der Waals surface area contributed by atoms with Gasteiger partial charge in [-0.2, -0.15) is 0 Å². The molecular formula is C52H34N4Si. The molecule has 0 spiro atoms. The van der Waals surface area contributed by atoms with Crippen molar-refractivity contribution in [2.75, 3.05) is 0 Å². The Morgan fingerprint density at radius 2 is 0.842 bits per heavy atom. The Morgan fingerprint density at radius 1 is 0.368 bits per heavy atom. The van der Waals surface area contributed by atoms with E-state index in [9.17, 15) is 0 Å². The summed E-state index contributed by atoms with van der Waals surface area (Å²) in [6.07, 6.45) is 0. The van der Waals surface area contributed by atoms with Crippen LogP contribution < -0.4 is 20.7 Å². The van der Waals surface area contributed by atoms with Crippen molar-refractivity contribution < 1.29 is 0 Å². The summed E-state index contributed by atoms with van der Waals surface area (Å²) in [4.78, 5) is 11.5. The summed E-state index contributed by atoms with van der Waals surface area (Å²) >= 11 is 0. The molecule has 0 unspecified atom stereocenters. The number of benzene rings is 8. The second-order valence-electron chi connectivity index (χ2n) is 14.9. The topological polar surface area (TPSA) is 35.6 Å². The van der Waals surface area contributed by atoms with Crippen molar-refractivity contribution >= 4 is 72.4 Å². The Bertz CT molecular complexity index is 3290. The zero-order valence-corrected chi connectivity index (χ0v) is 31.9. The molecule has 266 valence electrons. The highest BCUT2D eigenvalue weighted by Gasteiger charge is 2.51. The predicted octanol–water partition coefficient (Wildman–Crippen LogP) is 9.70. The number of aromatic nitrogens is 4. The third-order valence-corrected chi connectivity index (χ3v) is 16.9. The van der Waals surface area contributed by atoms with Crippen LogP contribution in [0.5, 0.6) is 0 Å². The van der Waals surface area contributed by atoms with Crippen molar-refractivity contribution in [1.29, 1.82) is 0 Å². The van der Waals surface area contributed by atoms with Gasteiger partial charge in [-0.15, -0.1) is 0 Å². The molecule has 0 aliphatic carbocycles. The highest BCUT2D eigenvalue weighted by atomic mass is 28.3. The number of hydrogen-bond acceptors (Lipinski definition) is 2. The molecule has 0 amide bonds. The molecule has 5 heteroatoms. The molecule has 0 radical (unpaired) electrons. The van der Waals surface area contributed by atoms with Gasteiger partial charge in [-0.05, 0) is 52.0 Å². The van der Waals surface area contributed by atoms with E-state index >= 15 is 0 Å². The molecule has 3 aromatic heterocycles. The van der Waals surface area contributed by atoms with Crippen molar-refractivity contribution in [1.82, 2.24) is 19.1 Å². The summed E-state index contributed by atoms with van der Waals surface area (Å²) in [6.45, 7) is 0. The molecule has 8 aromatic carbocycles. The average molecular weight is 743 g/mol. The number of fused-ring (bicyclic) bond motifs is 10. The summed E-state index contributed by atoms with van der Waals surface area (Å²) < 4.78 is 4.70. The summed E-state index contributed by atoms with van der Waals surface area (Å²) in [5.41, 5.74) is 9.93. The van der Waals surface area contributed by atoms with E-state index in [-0.39, 0.29) is 0 Å². The lowest BCUT2D eigenvalue weighted by atomic mass is 10.1. The normalized spacial score (nSPS) is 13.1. The van der Waals surface area contributed by atoms with E-state index in [0.717, 1.165) is 33.7 Å². The highest BCUT2D eigenvalue weighted by Crippen LogP contribution is 2.42. The molecule has 12 rings (SSSR count). The van der Waals surface area contributed by atoms with Crippen LogP contribution in [0.3, 0.4) is 0 Å². The van der Waals surface area contributed by atoms with Gasteiger partial charge in [-0.3, -0.25) is 4.57 Å². The van der Waals surface area contributed by atoms with Crippen LogP contribution in [-0.4, -0.2) is 27.2 Å². The molecule has 0 fully saturated rings. The minimum Gasteiger partial charge on any atom is -0.309 e. The van der Waals surface area contributed by atoms with Gasteiger partial charge in [-0.1, -0.05) is 170 Å². The van der Waals surface area contributed by atoms with Gasteiger partial charge in [0.05, 0.1) is 33.5 Å². The van der Waals surface area contributed by atoms with Crippen LogP contribution in [0.4, 0.5) is 0 Å². The molecule has 4 nitrogen and oxygen atoms in total. The minimum atomic E-state index is -2.90. The van der Waals surface area contributed by atoms with Crippen molar-refractivity contribution in [3.8, 4) is 34.2 Å². The number of para-hydroxylation sites is 3. The van der Waals surface area contributed by atoms with Crippen molar-refractivity contribution in [3.63, 3.8) is 0 Å². The first-order chi connectivity index (χ1) is 28.3. The molecule has 0 bridgehead atoms. The van der Waals surface area contributed by atoms with Crippen LogP contribution in [0.25, 0.3) is 77.8 Å². The molecule has 0 saturated carbocycles. The van der Waals surface area contributed by atoms with Crippen LogP contribution in [0, 0.1) is 0 Å². The molecule has 1 aliphatic rings. The van der Waals surface area contributed by atoms with Crippen molar-refractivity contribution in [3.05, 3.63) is 206 Å². The maximum atomic E-state index is 5.76. The van der Waals surface area contributed by atoms with E-state index in [1.54, 1.807) is 0 Å². The van der Waals surface area contributed by atoms with Gasteiger partial charge >= 0.3 is 0 Å². The van der Waals surface area contributed by atoms with Crippen LogP contribution in [0.2, 0.25) is 0 Å². The molecule has 0 atom stereocenters. The van der Waals surface area contributed by atoms with E-state index in [1.807, 2.05) is 0 Å². The second-order valence-corrected chi connectivity index (χ2v) is 18.6. The van der Waals surface area contributed by atoms with E-state index in [1.165, 1.54) is 58.9 Å². The van der Waals surface area contributed by atoms with Crippen molar-refractivity contribution in [2.45, 2.75) is 0 Å². The molecule has 4 heterocycles. The Hall–Kier alpha value is -7.34. The van der Waals surface area contributed by atoms with Gasteiger partial charge in [0.1, 0.15) is 0 Å². The Labute approximate surface area is 330 Å². The Kier molecular flexibility index (Phi) is 6.91. The lowest BCUT2D eigenvalue weighted by Crippen LogP contribution is -2.73. The summed E-state index contributed by atoms with van der Waals surface area (Å²) in [7, 11) is -2.90. The highest BCUT2D eigenvalue weighted by molar-refractivity contribution is 7.22. The SMILES string of the molecule is c1ccc(-c2nc(-n3c4ccccc4c4c5c6ccccc6n(-c6ccccc6)c5ccc43)nc3c2[Si](c2ccccc2)(c2ccccc2)c2ccccc2-3)cc1. The monoisotopic (exact) mass is 742 g/mol. The first-order valence-corrected chi connectivity index (χ1v) is 21.5. The van der Waals surface area contributed by atoms with E-state index in [2.05, 4.69) is 215 Å². The van der Waals surface area contributed by atoms with Crippen molar-refractivity contribution in [2.24, 2.45) is 0 Å². The number of rotatable bonds is 5. The zero-order valence-electron chi connectivity index (χ0n) is 30.9.